The van der Waals surface area contributed by atoms with Crippen LogP contribution in [0.25, 0.3) is 27.9 Å². The lowest BCUT2D eigenvalue weighted by Gasteiger charge is -2.26. The highest BCUT2D eigenvalue weighted by molar-refractivity contribution is 5.85. The zero-order valence-corrected chi connectivity index (χ0v) is 19.4. The number of fused-ring (bicyclic) bond motifs is 1. The number of pyridine rings is 1. The van der Waals surface area contributed by atoms with Crippen LogP contribution in [0.3, 0.4) is 0 Å². The van der Waals surface area contributed by atoms with Gasteiger partial charge in [0.1, 0.15) is 12.4 Å². The number of aromatic nitrogens is 4. The number of hydrogen-bond acceptors (Lipinski definition) is 5. The molecule has 4 heterocycles. The van der Waals surface area contributed by atoms with E-state index in [0.29, 0.717) is 0 Å². The van der Waals surface area contributed by atoms with Crippen molar-refractivity contribution in [3.8, 4) is 28.0 Å². The largest absolute Gasteiger partial charge is 0.492 e. The Morgan fingerprint density at radius 3 is 2.31 bits per heavy atom. The molecule has 5 rings (SSSR count). The van der Waals surface area contributed by atoms with Gasteiger partial charge in [0.25, 0.3) is 0 Å². The molecule has 4 aromatic rings. The van der Waals surface area contributed by atoms with Gasteiger partial charge in [0.05, 0.1) is 6.20 Å². The summed E-state index contributed by atoms with van der Waals surface area (Å²) in [5.74, 6) is 0.906. The summed E-state index contributed by atoms with van der Waals surface area (Å²) in [5.41, 5.74) is 5.01. The number of benzene rings is 1. The SMILES string of the molecule is Cl.Cl.c1cc(-c2cnn3cc(-c4ccc(OCCN5CCCCC5)cc4)cnc23)ccn1. The van der Waals surface area contributed by atoms with E-state index in [-0.39, 0.29) is 24.8 Å². The molecule has 0 radical (unpaired) electrons. The molecular weight excluding hydrogens is 445 g/mol. The van der Waals surface area contributed by atoms with Crippen LogP contribution in [0.4, 0.5) is 0 Å². The summed E-state index contributed by atoms with van der Waals surface area (Å²) >= 11 is 0. The predicted molar refractivity (Wildman–Crippen MR) is 132 cm³/mol. The molecule has 1 aliphatic rings. The van der Waals surface area contributed by atoms with Crippen molar-refractivity contribution in [1.82, 2.24) is 24.5 Å². The van der Waals surface area contributed by atoms with E-state index in [9.17, 15) is 0 Å². The van der Waals surface area contributed by atoms with Crippen LogP contribution in [0.5, 0.6) is 5.75 Å². The second kappa shape index (κ2) is 11.3. The molecule has 1 fully saturated rings. The van der Waals surface area contributed by atoms with Gasteiger partial charge in [0.15, 0.2) is 5.65 Å². The average Bonchev–Trinajstić information content (AvgIpc) is 3.24. The molecule has 6 nitrogen and oxygen atoms in total. The first-order chi connectivity index (χ1) is 14.9. The van der Waals surface area contributed by atoms with E-state index >= 15 is 0 Å². The van der Waals surface area contributed by atoms with Crippen LogP contribution in [0, 0.1) is 0 Å². The zero-order chi connectivity index (χ0) is 20.2. The third kappa shape index (κ3) is 5.38. The summed E-state index contributed by atoms with van der Waals surface area (Å²) < 4.78 is 7.77. The number of halogens is 2. The van der Waals surface area contributed by atoms with E-state index < -0.39 is 0 Å². The van der Waals surface area contributed by atoms with Crippen LogP contribution in [0.2, 0.25) is 0 Å². The molecule has 0 unspecified atom stereocenters. The molecule has 32 heavy (non-hydrogen) atoms. The molecule has 8 heteroatoms. The standard InChI is InChI=1S/C24H25N5O.2ClH/c1-2-12-28(13-3-1)14-15-30-22-6-4-19(5-7-22)21-16-26-24-23(17-27-29(24)18-21)20-8-10-25-11-9-20;;/h4-11,16-18H,1-3,12-15H2;2*1H. The fourth-order valence-corrected chi connectivity index (χ4v) is 3.98. The minimum atomic E-state index is 0. The Kier molecular flexibility index (Phi) is 8.45. The molecule has 0 saturated carbocycles. The van der Waals surface area contributed by atoms with E-state index in [1.165, 1.54) is 32.4 Å². The van der Waals surface area contributed by atoms with Crippen LogP contribution >= 0.6 is 24.8 Å². The third-order valence-electron chi connectivity index (χ3n) is 5.66. The van der Waals surface area contributed by atoms with Crippen LogP contribution < -0.4 is 4.74 Å². The first-order valence-corrected chi connectivity index (χ1v) is 10.6. The lowest BCUT2D eigenvalue weighted by Crippen LogP contribution is -2.33. The minimum absolute atomic E-state index is 0. The number of nitrogens with zero attached hydrogens (tertiary/aromatic N) is 5. The summed E-state index contributed by atoms with van der Waals surface area (Å²) in [6, 6.07) is 12.1. The highest BCUT2D eigenvalue weighted by Gasteiger charge is 2.11. The minimum Gasteiger partial charge on any atom is -0.492 e. The maximum Gasteiger partial charge on any atom is 0.162 e. The van der Waals surface area contributed by atoms with Crippen molar-refractivity contribution in [2.45, 2.75) is 19.3 Å². The van der Waals surface area contributed by atoms with E-state index in [4.69, 9.17) is 4.74 Å². The number of rotatable bonds is 6. The second-order valence-electron chi connectivity index (χ2n) is 7.68. The van der Waals surface area contributed by atoms with Crippen LogP contribution in [-0.2, 0) is 0 Å². The van der Waals surface area contributed by atoms with E-state index in [1.807, 2.05) is 47.4 Å². The Balaban J connectivity index is 0.00000144. The Morgan fingerprint density at radius 1 is 0.812 bits per heavy atom. The molecule has 1 saturated heterocycles. The first-order valence-electron chi connectivity index (χ1n) is 10.6. The molecule has 0 spiro atoms. The molecule has 3 aromatic heterocycles. The highest BCUT2D eigenvalue weighted by atomic mass is 35.5. The molecule has 1 aromatic carbocycles. The Bertz CT molecular complexity index is 1110. The van der Waals surface area contributed by atoms with E-state index in [0.717, 1.165) is 46.8 Å². The topological polar surface area (TPSA) is 55.6 Å². The molecule has 0 aliphatic carbocycles. The van der Waals surface area contributed by atoms with Gasteiger partial charge >= 0.3 is 0 Å². The van der Waals surface area contributed by atoms with Gasteiger partial charge in [0.2, 0.25) is 0 Å². The summed E-state index contributed by atoms with van der Waals surface area (Å²) in [6.07, 6.45) is 13.3. The number of piperidine rings is 1. The van der Waals surface area contributed by atoms with Gasteiger partial charge in [-0.3, -0.25) is 9.88 Å². The van der Waals surface area contributed by atoms with Gasteiger partial charge in [-0.2, -0.15) is 5.10 Å². The van der Waals surface area contributed by atoms with Crippen molar-refractivity contribution < 1.29 is 4.74 Å². The maximum absolute atomic E-state index is 5.94. The van der Waals surface area contributed by atoms with Gasteiger partial charge in [-0.05, 0) is 61.3 Å². The van der Waals surface area contributed by atoms with Crippen LogP contribution in [0.15, 0.2) is 67.4 Å². The normalized spacial score (nSPS) is 13.9. The molecule has 0 atom stereocenters. The number of ether oxygens (including phenoxy) is 1. The molecule has 1 aliphatic heterocycles. The fourth-order valence-electron chi connectivity index (χ4n) is 3.98. The monoisotopic (exact) mass is 471 g/mol. The molecule has 0 N–H and O–H groups in total. The van der Waals surface area contributed by atoms with Gasteiger partial charge < -0.3 is 4.74 Å². The van der Waals surface area contributed by atoms with Crippen molar-refractivity contribution in [1.29, 1.82) is 0 Å². The van der Waals surface area contributed by atoms with Crippen LogP contribution in [0.1, 0.15) is 19.3 Å². The lowest BCUT2D eigenvalue weighted by molar-refractivity contribution is 0.183. The second-order valence-corrected chi connectivity index (χ2v) is 7.68. The lowest BCUT2D eigenvalue weighted by atomic mass is 10.1. The molecule has 0 amide bonds. The van der Waals surface area contributed by atoms with E-state index in [2.05, 4.69) is 32.1 Å². The Labute approximate surface area is 200 Å². The van der Waals surface area contributed by atoms with E-state index in [1.54, 1.807) is 12.4 Å². The van der Waals surface area contributed by atoms with Gasteiger partial charge in [-0.15, -0.1) is 24.8 Å². The van der Waals surface area contributed by atoms with Crippen molar-refractivity contribution >= 4 is 30.5 Å². The molecule has 0 bridgehead atoms. The Hall–Kier alpha value is -2.67. The fraction of sp³-hybridized carbons (Fsp3) is 0.292. The van der Waals surface area contributed by atoms with Gasteiger partial charge in [-0.1, -0.05) is 18.6 Å². The molecule has 168 valence electrons. The summed E-state index contributed by atoms with van der Waals surface area (Å²) in [4.78, 5) is 11.2. The maximum atomic E-state index is 5.94. The smallest absolute Gasteiger partial charge is 0.162 e. The summed E-state index contributed by atoms with van der Waals surface area (Å²) in [6.45, 7) is 4.14. The predicted octanol–water partition coefficient (Wildman–Crippen LogP) is 5.17. The average molecular weight is 472 g/mol. The first kappa shape index (κ1) is 24.0. The van der Waals surface area contributed by atoms with Crippen molar-refractivity contribution in [3.05, 3.63) is 67.4 Å². The molecular formula is C24H27Cl2N5O. The van der Waals surface area contributed by atoms with Crippen molar-refractivity contribution in [2.75, 3.05) is 26.2 Å². The quantitative estimate of drug-likeness (QED) is 0.388. The zero-order valence-electron chi connectivity index (χ0n) is 17.8. The third-order valence-corrected chi connectivity index (χ3v) is 5.66. The number of likely N-dealkylation sites (tertiary alicyclic amines) is 1. The summed E-state index contributed by atoms with van der Waals surface area (Å²) in [7, 11) is 0. The highest BCUT2D eigenvalue weighted by Crippen LogP contribution is 2.26. The van der Waals surface area contributed by atoms with Gasteiger partial charge in [-0.25, -0.2) is 9.50 Å². The van der Waals surface area contributed by atoms with Crippen molar-refractivity contribution in [3.63, 3.8) is 0 Å². The van der Waals surface area contributed by atoms with Crippen molar-refractivity contribution in [2.24, 2.45) is 0 Å². The van der Waals surface area contributed by atoms with Crippen LogP contribution in [-0.4, -0.2) is 50.7 Å². The summed E-state index contributed by atoms with van der Waals surface area (Å²) in [5, 5.41) is 4.49. The Morgan fingerprint density at radius 2 is 1.56 bits per heavy atom. The number of hydrogen-bond donors (Lipinski definition) is 0. The van der Waals surface area contributed by atoms with Gasteiger partial charge in [0, 0.05) is 42.5 Å².